The zero-order valence-corrected chi connectivity index (χ0v) is 11.6. The maximum absolute atomic E-state index is 13.3. The molecule has 0 amide bonds. The molecule has 1 aromatic rings. The van der Waals surface area contributed by atoms with Crippen LogP contribution in [0.15, 0.2) is 22.7 Å². The van der Waals surface area contributed by atoms with E-state index < -0.39 is 18.0 Å². The average Bonchev–Trinajstić information content (AvgIpc) is 2.33. The van der Waals surface area contributed by atoms with E-state index in [0.29, 0.717) is 13.1 Å². The lowest BCUT2D eigenvalue weighted by molar-refractivity contribution is -0.188. The topological polar surface area (TPSA) is 15.3 Å². The second-order valence-corrected chi connectivity index (χ2v) is 5.25. The third-order valence-corrected chi connectivity index (χ3v) is 3.80. The van der Waals surface area contributed by atoms with Crippen molar-refractivity contribution < 1.29 is 17.6 Å². The Morgan fingerprint density at radius 3 is 2.42 bits per heavy atom. The maximum atomic E-state index is 13.3. The summed E-state index contributed by atoms with van der Waals surface area (Å²) < 4.78 is 53.4. The minimum absolute atomic E-state index is 0.0746. The predicted molar refractivity (Wildman–Crippen MR) is 67.3 cm³/mol. The summed E-state index contributed by atoms with van der Waals surface area (Å²) in [5.74, 6) is -0.664. The van der Waals surface area contributed by atoms with Gasteiger partial charge in [0.05, 0.1) is 0 Å². The van der Waals surface area contributed by atoms with E-state index in [-0.39, 0.29) is 23.1 Å². The lowest BCUT2D eigenvalue weighted by atomic mass is 10.0. The first-order valence-corrected chi connectivity index (χ1v) is 6.65. The Kier molecular flexibility index (Phi) is 4.47. The number of benzene rings is 1. The zero-order chi connectivity index (χ0) is 14.0. The third kappa shape index (κ3) is 3.46. The number of alkyl halides is 3. The SMILES string of the molecule is Fc1ccc(Br)c([C@@H](N2CCNCC2)C(F)(F)F)c1. The summed E-state index contributed by atoms with van der Waals surface area (Å²) in [5, 5.41) is 3.00. The first kappa shape index (κ1) is 14.7. The molecular weight excluding hydrogens is 328 g/mol. The molecule has 0 unspecified atom stereocenters. The maximum Gasteiger partial charge on any atom is 0.408 e. The number of nitrogens with one attached hydrogen (secondary N) is 1. The molecule has 19 heavy (non-hydrogen) atoms. The second-order valence-electron chi connectivity index (χ2n) is 4.40. The predicted octanol–water partition coefficient (Wildman–Crippen LogP) is 3.10. The fraction of sp³-hybridized carbons (Fsp3) is 0.500. The first-order valence-electron chi connectivity index (χ1n) is 5.86. The van der Waals surface area contributed by atoms with Gasteiger partial charge in [-0.15, -0.1) is 0 Å². The molecule has 2 nitrogen and oxygen atoms in total. The summed E-state index contributed by atoms with van der Waals surface area (Å²) in [4.78, 5) is 1.33. The molecule has 0 saturated carbocycles. The van der Waals surface area contributed by atoms with Crippen molar-refractivity contribution in [2.24, 2.45) is 0 Å². The fourth-order valence-corrected chi connectivity index (χ4v) is 2.71. The lowest BCUT2D eigenvalue weighted by Gasteiger charge is -2.36. The van der Waals surface area contributed by atoms with E-state index in [1.165, 1.54) is 11.0 Å². The molecule has 1 heterocycles. The molecule has 0 bridgehead atoms. The first-order chi connectivity index (χ1) is 8.89. The van der Waals surface area contributed by atoms with Gasteiger partial charge in [0.2, 0.25) is 0 Å². The van der Waals surface area contributed by atoms with Crippen molar-refractivity contribution in [3.8, 4) is 0 Å². The Morgan fingerprint density at radius 1 is 1.21 bits per heavy atom. The highest BCUT2D eigenvalue weighted by Crippen LogP contribution is 2.40. The molecule has 0 spiro atoms. The van der Waals surface area contributed by atoms with E-state index in [0.717, 1.165) is 12.1 Å². The van der Waals surface area contributed by atoms with E-state index in [1.54, 1.807) is 0 Å². The van der Waals surface area contributed by atoms with Crippen LogP contribution in [0, 0.1) is 5.82 Å². The standard InChI is InChI=1S/C12H13BrF4N2/c13-10-2-1-8(14)7-9(10)11(12(15,16)17)19-5-3-18-4-6-19/h1-2,7,11,18H,3-6H2/t11-/m1/s1. The summed E-state index contributed by atoms with van der Waals surface area (Å²) in [6.45, 7) is 1.57. The molecule has 0 aliphatic carbocycles. The number of hydrogen-bond acceptors (Lipinski definition) is 2. The largest absolute Gasteiger partial charge is 0.408 e. The average molecular weight is 341 g/mol. The highest BCUT2D eigenvalue weighted by atomic mass is 79.9. The van der Waals surface area contributed by atoms with Gasteiger partial charge in [-0.25, -0.2) is 4.39 Å². The van der Waals surface area contributed by atoms with Crippen LogP contribution in [0.5, 0.6) is 0 Å². The van der Waals surface area contributed by atoms with Crippen LogP contribution in [0.25, 0.3) is 0 Å². The van der Waals surface area contributed by atoms with E-state index in [1.807, 2.05) is 0 Å². The second kappa shape index (κ2) is 5.76. The molecule has 1 aliphatic rings. The van der Waals surface area contributed by atoms with Crippen molar-refractivity contribution in [1.82, 2.24) is 10.2 Å². The van der Waals surface area contributed by atoms with Crippen LogP contribution in [0.4, 0.5) is 17.6 Å². The minimum Gasteiger partial charge on any atom is -0.314 e. The molecule has 0 aromatic heterocycles. The Morgan fingerprint density at radius 2 is 1.84 bits per heavy atom. The summed E-state index contributed by atoms with van der Waals surface area (Å²) in [6, 6.07) is 1.62. The third-order valence-electron chi connectivity index (χ3n) is 3.08. The fourth-order valence-electron chi connectivity index (χ4n) is 2.24. The van der Waals surface area contributed by atoms with Gasteiger partial charge in [-0.05, 0) is 23.8 Å². The number of rotatable bonds is 2. The Hall–Kier alpha value is -0.660. The zero-order valence-electron chi connectivity index (χ0n) is 9.97. The van der Waals surface area contributed by atoms with E-state index in [4.69, 9.17) is 0 Å². The van der Waals surface area contributed by atoms with E-state index in [2.05, 4.69) is 21.2 Å². The van der Waals surface area contributed by atoms with E-state index in [9.17, 15) is 17.6 Å². The molecule has 106 valence electrons. The highest BCUT2D eigenvalue weighted by Gasteiger charge is 2.45. The van der Waals surface area contributed by atoms with Gasteiger partial charge in [0.15, 0.2) is 0 Å². The molecule has 1 fully saturated rings. The van der Waals surface area contributed by atoms with Crippen LogP contribution >= 0.6 is 15.9 Å². The quantitative estimate of drug-likeness (QED) is 0.832. The van der Waals surface area contributed by atoms with Gasteiger partial charge >= 0.3 is 6.18 Å². The molecule has 1 N–H and O–H groups in total. The van der Waals surface area contributed by atoms with Gasteiger partial charge < -0.3 is 5.32 Å². The van der Waals surface area contributed by atoms with Crippen molar-refractivity contribution in [3.05, 3.63) is 34.1 Å². The number of piperazine rings is 1. The summed E-state index contributed by atoms with van der Waals surface area (Å²) in [7, 11) is 0. The van der Waals surface area contributed by atoms with Crippen LogP contribution in [0.2, 0.25) is 0 Å². The summed E-state index contributed by atoms with van der Waals surface area (Å²) in [5.41, 5.74) is -0.0746. The molecule has 1 atom stereocenters. The van der Waals surface area contributed by atoms with Crippen molar-refractivity contribution in [1.29, 1.82) is 0 Å². The van der Waals surface area contributed by atoms with Gasteiger partial charge in [-0.3, -0.25) is 4.90 Å². The summed E-state index contributed by atoms with van der Waals surface area (Å²) in [6.07, 6.45) is -4.44. The minimum atomic E-state index is -4.44. The summed E-state index contributed by atoms with van der Waals surface area (Å²) >= 11 is 3.08. The van der Waals surface area contributed by atoms with Crippen LogP contribution in [-0.4, -0.2) is 37.3 Å². The monoisotopic (exact) mass is 340 g/mol. The van der Waals surface area contributed by atoms with Crippen molar-refractivity contribution in [2.75, 3.05) is 26.2 Å². The van der Waals surface area contributed by atoms with Crippen LogP contribution in [0.1, 0.15) is 11.6 Å². The van der Waals surface area contributed by atoms with Crippen LogP contribution in [-0.2, 0) is 0 Å². The molecule has 1 aromatic carbocycles. The van der Waals surface area contributed by atoms with Crippen molar-refractivity contribution in [3.63, 3.8) is 0 Å². The number of hydrogen-bond donors (Lipinski definition) is 1. The molecule has 1 saturated heterocycles. The van der Waals surface area contributed by atoms with Gasteiger partial charge in [-0.2, -0.15) is 13.2 Å². The van der Waals surface area contributed by atoms with Crippen molar-refractivity contribution >= 4 is 15.9 Å². The van der Waals surface area contributed by atoms with Gasteiger partial charge in [0, 0.05) is 30.7 Å². The molecule has 7 heteroatoms. The van der Waals surface area contributed by atoms with Crippen LogP contribution < -0.4 is 5.32 Å². The van der Waals surface area contributed by atoms with Gasteiger partial charge in [-0.1, -0.05) is 15.9 Å². The Balaban J connectivity index is 2.39. The molecule has 2 rings (SSSR count). The van der Waals surface area contributed by atoms with Crippen LogP contribution in [0.3, 0.4) is 0 Å². The molecule has 1 aliphatic heterocycles. The highest BCUT2D eigenvalue weighted by molar-refractivity contribution is 9.10. The number of nitrogens with zero attached hydrogens (tertiary/aromatic N) is 1. The normalized spacial score (nSPS) is 19.4. The van der Waals surface area contributed by atoms with Crippen molar-refractivity contribution in [2.45, 2.75) is 12.2 Å². The van der Waals surface area contributed by atoms with E-state index >= 15 is 0 Å². The molecule has 0 radical (unpaired) electrons. The van der Waals surface area contributed by atoms with Gasteiger partial charge in [0.1, 0.15) is 11.9 Å². The Bertz CT molecular complexity index is 444. The number of halogens is 5. The smallest absolute Gasteiger partial charge is 0.314 e. The van der Waals surface area contributed by atoms with Gasteiger partial charge in [0.25, 0.3) is 0 Å². The Labute approximate surface area is 116 Å². The lowest BCUT2D eigenvalue weighted by Crippen LogP contribution is -2.49. The molecular formula is C12H13BrF4N2.